The fourth-order valence-corrected chi connectivity index (χ4v) is 4.48. The van der Waals surface area contributed by atoms with Gasteiger partial charge in [0.1, 0.15) is 22.7 Å². The van der Waals surface area contributed by atoms with Crippen molar-refractivity contribution in [2.24, 2.45) is 5.92 Å². The number of benzene rings is 1. The zero-order valence-electron chi connectivity index (χ0n) is 15.8. The quantitative estimate of drug-likeness (QED) is 0.561. The van der Waals surface area contributed by atoms with Crippen LogP contribution in [0.1, 0.15) is 73.9 Å². The van der Waals surface area contributed by atoms with Gasteiger partial charge in [-0.05, 0) is 64.5 Å². The lowest BCUT2D eigenvalue weighted by Gasteiger charge is -2.46. The summed E-state index contributed by atoms with van der Waals surface area (Å²) in [7, 11) is 0. The first-order valence-electron chi connectivity index (χ1n) is 9.35. The van der Waals surface area contributed by atoms with E-state index in [1.807, 2.05) is 12.1 Å². The number of phenols is 1. The van der Waals surface area contributed by atoms with E-state index in [-0.39, 0.29) is 28.7 Å². The summed E-state index contributed by atoms with van der Waals surface area (Å²) < 4.78 is 6.28. The Balaban J connectivity index is 2.17. The number of carboxylic acids is 1. The van der Waals surface area contributed by atoms with E-state index in [0.717, 1.165) is 25.7 Å². The number of aromatic carboxylic acids is 1. The van der Waals surface area contributed by atoms with Crippen LogP contribution in [0.2, 0.25) is 0 Å². The van der Waals surface area contributed by atoms with Crippen molar-refractivity contribution in [3.8, 4) is 11.5 Å². The standard InChI is InChI=1S/C22H28O4/c1-5-6-7-8-14-12-17-19(20(23)18(14)21(24)25)15-11-13(2)9-10-16(15)22(3,4)26-17/h5,11-12,15-16,23H,1,6-10H2,2-4H3,(H,24,25)/t15-,16-/m1/s1. The Morgan fingerprint density at radius 2 is 2.19 bits per heavy atom. The van der Waals surface area contributed by atoms with Crippen LogP contribution in [-0.4, -0.2) is 21.8 Å². The van der Waals surface area contributed by atoms with Crippen LogP contribution in [0.4, 0.5) is 0 Å². The van der Waals surface area contributed by atoms with Crippen LogP contribution in [0.25, 0.3) is 0 Å². The molecule has 1 aromatic carbocycles. The third kappa shape index (κ3) is 3.13. The number of carbonyl (C=O) groups is 1. The summed E-state index contributed by atoms with van der Waals surface area (Å²) >= 11 is 0. The molecule has 1 aliphatic heterocycles. The molecule has 1 aromatic rings. The predicted octanol–water partition coefficient (Wildman–Crippen LogP) is 5.21. The van der Waals surface area contributed by atoms with Crippen LogP contribution in [0.15, 0.2) is 30.4 Å². The fraction of sp³-hybridized carbons (Fsp3) is 0.500. The zero-order valence-corrected chi connectivity index (χ0v) is 15.8. The van der Waals surface area contributed by atoms with Gasteiger partial charge in [-0.15, -0.1) is 6.58 Å². The van der Waals surface area contributed by atoms with Gasteiger partial charge in [0, 0.05) is 17.4 Å². The van der Waals surface area contributed by atoms with E-state index in [1.54, 1.807) is 0 Å². The van der Waals surface area contributed by atoms with Gasteiger partial charge in [0.2, 0.25) is 0 Å². The number of aromatic hydroxyl groups is 1. The lowest BCUT2D eigenvalue weighted by Crippen LogP contribution is -2.45. The molecule has 26 heavy (non-hydrogen) atoms. The average Bonchev–Trinajstić information content (AvgIpc) is 2.53. The molecule has 0 fully saturated rings. The molecule has 2 atom stereocenters. The van der Waals surface area contributed by atoms with Crippen LogP contribution in [0.5, 0.6) is 11.5 Å². The molecule has 0 radical (unpaired) electrons. The molecule has 140 valence electrons. The van der Waals surface area contributed by atoms with E-state index < -0.39 is 5.97 Å². The maximum atomic E-state index is 11.9. The molecule has 0 bridgehead atoms. The van der Waals surface area contributed by atoms with Gasteiger partial charge in [-0.25, -0.2) is 4.79 Å². The zero-order chi connectivity index (χ0) is 19.1. The van der Waals surface area contributed by atoms with E-state index in [9.17, 15) is 15.0 Å². The lowest BCUT2D eigenvalue weighted by atomic mass is 9.67. The van der Waals surface area contributed by atoms with Crippen LogP contribution in [0.3, 0.4) is 0 Å². The molecule has 0 spiro atoms. The third-order valence-electron chi connectivity index (χ3n) is 5.80. The van der Waals surface area contributed by atoms with Crippen molar-refractivity contribution in [2.45, 2.75) is 64.4 Å². The van der Waals surface area contributed by atoms with Crippen LogP contribution >= 0.6 is 0 Å². The summed E-state index contributed by atoms with van der Waals surface area (Å²) in [4.78, 5) is 11.9. The normalized spacial score (nSPS) is 23.3. The second-order valence-electron chi connectivity index (χ2n) is 8.05. The molecular weight excluding hydrogens is 328 g/mol. The summed E-state index contributed by atoms with van der Waals surface area (Å²) in [6.07, 6.45) is 8.14. The summed E-state index contributed by atoms with van der Waals surface area (Å²) in [5.74, 6) is -0.379. The van der Waals surface area contributed by atoms with Crippen LogP contribution in [-0.2, 0) is 6.42 Å². The number of hydrogen-bond donors (Lipinski definition) is 2. The Morgan fingerprint density at radius 3 is 2.85 bits per heavy atom. The molecule has 0 saturated carbocycles. The first-order chi connectivity index (χ1) is 12.3. The van der Waals surface area contributed by atoms with Gasteiger partial charge in [0.25, 0.3) is 0 Å². The number of unbranched alkanes of at least 4 members (excludes halogenated alkanes) is 1. The Hall–Kier alpha value is -2.23. The highest BCUT2D eigenvalue weighted by atomic mass is 16.5. The van der Waals surface area contributed by atoms with Crippen molar-refractivity contribution in [1.29, 1.82) is 0 Å². The molecule has 0 saturated heterocycles. The van der Waals surface area contributed by atoms with E-state index >= 15 is 0 Å². The second kappa shape index (κ2) is 6.82. The smallest absolute Gasteiger partial charge is 0.339 e. The summed E-state index contributed by atoms with van der Waals surface area (Å²) in [5.41, 5.74) is 2.21. The van der Waals surface area contributed by atoms with E-state index in [4.69, 9.17) is 4.74 Å². The number of carboxylic acid groups (broad SMARTS) is 1. The third-order valence-corrected chi connectivity index (χ3v) is 5.80. The minimum absolute atomic E-state index is 0.0113. The van der Waals surface area contributed by atoms with Gasteiger partial charge in [0.15, 0.2) is 0 Å². The van der Waals surface area contributed by atoms with Crippen LogP contribution < -0.4 is 4.74 Å². The number of fused-ring (bicyclic) bond motifs is 3. The van der Waals surface area contributed by atoms with Gasteiger partial charge >= 0.3 is 5.97 Å². The summed E-state index contributed by atoms with van der Waals surface area (Å²) in [6.45, 7) is 9.98. The molecule has 1 aliphatic carbocycles. The fourth-order valence-electron chi connectivity index (χ4n) is 4.48. The monoisotopic (exact) mass is 356 g/mol. The number of allylic oxidation sites excluding steroid dienone is 3. The highest BCUT2D eigenvalue weighted by molar-refractivity contribution is 5.94. The molecule has 2 N–H and O–H groups in total. The SMILES string of the molecule is C=CCCCc1cc2c(c(O)c1C(=O)O)[C@@H]1C=C(C)CC[C@H]1C(C)(C)O2. The maximum Gasteiger partial charge on any atom is 0.339 e. The first kappa shape index (κ1) is 18.6. The number of aryl methyl sites for hydroxylation is 1. The molecule has 0 unspecified atom stereocenters. The second-order valence-corrected chi connectivity index (χ2v) is 8.05. The topological polar surface area (TPSA) is 66.8 Å². The predicted molar refractivity (Wildman–Crippen MR) is 102 cm³/mol. The van der Waals surface area contributed by atoms with Gasteiger partial charge in [0.05, 0.1) is 0 Å². The average molecular weight is 356 g/mol. The summed E-state index contributed by atoms with van der Waals surface area (Å²) in [6, 6.07) is 1.83. The van der Waals surface area contributed by atoms with Crippen molar-refractivity contribution < 1.29 is 19.7 Å². The van der Waals surface area contributed by atoms with Gasteiger partial charge in [-0.2, -0.15) is 0 Å². The van der Waals surface area contributed by atoms with Crippen molar-refractivity contribution in [2.75, 3.05) is 0 Å². The largest absolute Gasteiger partial charge is 0.507 e. The number of rotatable bonds is 5. The Labute approximate surface area is 155 Å². The van der Waals surface area contributed by atoms with E-state index in [0.29, 0.717) is 23.3 Å². The molecular formula is C22H28O4. The molecule has 2 aliphatic rings. The molecule has 3 rings (SSSR count). The lowest BCUT2D eigenvalue weighted by molar-refractivity contribution is 0.0106. The molecule has 4 heteroatoms. The Bertz CT molecular complexity index is 773. The molecule has 1 heterocycles. The van der Waals surface area contributed by atoms with Gasteiger partial charge in [-0.1, -0.05) is 17.7 Å². The first-order valence-corrected chi connectivity index (χ1v) is 9.35. The highest BCUT2D eigenvalue weighted by Gasteiger charge is 2.46. The van der Waals surface area contributed by atoms with E-state index in [2.05, 4.69) is 33.4 Å². The van der Waals surface area contributed by atoms with Crippen molar-refractivity contribution >= 4 is 5.97 Å². The van der Waals surface area contributed by atoms with E-state index in [1.165, 1.54) is 5.57 Å². The van der Waals surface area contributed by atoms with Gasteiger partial charge < -0.3 is 14.9 Å². The van der Waals surface area contributed by atoms with Crippen molar-refractivity contribution in [3.63, 3.8) is 0 Å². The maximum absolute atomic E-state index is 11.9. The Kier molecular flexibility index (Phi) is 4.87. The van der Waals surface area contributed by atoms with Gasteiger partial charge in [-0.3, -0.25) is 0 Å². The van der Waals surface area contributed by atoms with Crippen molar-refractivity contribution in [1.82, 2.24) is 0 Å². The molecule has 0 aromatic heterocycles. The molecule has 0 amide bonds. The highest BCUT2D eigenvalue weighted by Crippen LogP contribution is 2.54. The number of ether oxygens (including phenoxy) is 1. The number of hydrogen-bond acceptors (Lipinski definition) is 3. The van der Waals surface area contributed by atoms with Crippen LogP contribution in [0, 0.1) is 5.92 Å². The molecule has 4 nitrogen and oxygen atoms in total. The minimum atomic E-state index is -1.09. The minimum Gasteiger partial charge on any atom is -0.507 e. The van der Waals surface area contributed by atoms with Crippen molar-refractivity contribution in [3.05, 3.63) is 47.1 Å². The summed E-state index contributed by atoms with van der Waals surface area (Å²) in [5, 5.41) is 20.6. The Morgan fingerprint density at radius 1 is 1.46 bits per heavy atom.